The third-order valence-electron chi connectivity index (χ3n) is 8.34. The van der Waals surface area contributed by atoms with E-state index >= 15 is 0 Å². The molecule has 0 rings (SSSR count). The molecule has 9 nitrogen and oxygen atoms in total. The van der Waals surface area contributed by atoms with Gasteiger partial charge in [0, 0.05) is 57.7 Å². The molecule has 0 aliphatic carbocycles. The third-order valence-corrected chi connectivity index (χ3v) is 8.34. The lowest BCUT2D eigenvalue weighted by molar-refractivity contribution is -0.415. The molecule has 0 aromatic carbocycles. The fourth-order valence-corrected chi connectivity index (χ4v) is 6.05. The molecule has 0 saturated heterocycles. The van der Waals surface area contributed by atoms with Gasteiger partial charge in [0.15, 0.2) is 0 Å². The van der Waals surface area contributed by atoms with Gasteiger partial charge in [-0.3, -0.25) is 0 Å². The molecule has 0 bridgehead atoms. The number of ether oxygens (including phenoxy) is 8. The Balaban J connectivity index is 0. The highest BCUT2D eigenvalue weighted by Crippen LogP contribution is 2.34. The van der Waals surface area contributed by atoms with E-state index in [1.54, 1.807) is 6.92 Å². The number of rotatable bonds is 35. The van der Waals surface area contributed by atoms with Crippen LogP contribution in [0.15, 0.2) is 12.2 Å². The van der Waals surface area contributed by atoms with Crippen molar-refractivity contribution in [1.29, 1.82) is 0 Å². The number of esters is 1. The molecule has 300 valence electrons. The molecular weight excluding hydrogens is 636 g/mol. The van der Waals surface area contributed by atoms with Gasteiger partial charge in [-0.1, -0.05) is 97.5 Å². The summed E-state index contributed by atoms with van der Waals surface area (Å²) in [6.45, 7) is 27.7. The summed E-state index contributed by atoms with van der Waals surface area (Å²) in [6, 6.07) is 0. The first-order chi connectivity index (χ1) is 24.2. The van der Waals surface area contributed by atoms with Crippen LogP contribution in [0, 0.1) is 5.92 Å². The lowest BCUT2D eigenvalue weighted by Crippen LogP contribution is -2.51. The second-order valence-electron chi connectivity index (χ2n) is 12.6. The molecule has 0 heterocycles. The number of unbranched alkanes of at least 4 members (excludes halogenated alkanes) is 10. The van der Waals surface area contributed by atoms with E-state index in [4.69, 9.17) is 37.9 Å². The van der Waals surface area contributed by atoms with Crippen LogP contribution in [0.4, 0.5) is 0 Å². The zero-order chi connectivity index (χ0) is 37.9. The quantitative estimate of drug-likeness (QED) is 0.0275. The lowest BCUT2D eigenvalue weighted by Gasteiger charge is -2.39. The van der Waals surface area contributed by atoms with Crippen molar-refractivity contribution in [2.24, 2.45) is 5.92 Å². The Bertz CT molecular complexity index is 726. The van der Waals surface area contributed by atoms with Crippen molar-refractivity contribution < 1.29 is 42.7 Å². The first kappa shape index (κ1) is 51.0. The van der Waals surface area contributed by atoms with Gasteiger partial charge in [0.2, 0.25) is 0 Å². The minimum Gasteiger partial charge on any atom is -0.462 e. The highest BCUT2D eigenvalue weighted by molar-refractivity contribution is 5.86. The molecule has 0 amide bonds. The van der Waals surface area contributed by atoms with Crippen molar-refractivity contribution >= 4 is 5.97 Å². The normalized spacial score (nSPS) is 13.1. The summed E-state index contributed by atoms with van der Waals surface area (Å²) >= 11 is 0. The molecule has 0 radical (unpaired) electrons. The first-order valence-corrected chi connectivity index (χ1v) is 20.4. The van der Waals surface area contributed by atoms with Crippen LogP contribution in [0.3, 0.4) is 0 Å². The molecule has 50 heavy (non-hydrogen) atoms. The van der Waals surface area contributed by atoms with E-state index in [1.807, 2.05) is 48.5 Å². The van der Waals surface area contributed by atoms with Crippen LogP contribution < -0.4 is 0 Å². The highest BCUT2D eigenvalue weighted by atomic mass is 16.9. The largest absolute Gasteiger partial charge is 0.462 e. The molecule has 9 heteroatoms. The van der Waals surface area contributed by atoms with E-state index in [-0.39, 0.29) is 18.0 Å². The minimum atomic E-state index is -1.06. The van der Waals surface area contributed by atoms with Crippen molar-refractivity contribution in [1.82, 2.24) is 0 Å². The number of hydrogen-bond donors (Lipinski definition) is 0. The summed E-state index contributed by atoms with van der Waals surface area (Å²) in [5.41, 5.74) is 0.427. The summed E-state index contributed by atoms with van der Waals surface area (Å²) in [5, 5.41) is 0. The van der Waals surface area contributed by atoms with Crippen LogP contribution in [-0.2, 0) is 42.7 Å². The SMILES string of the molecule is C=C(C)C(=O)OCCCC(CCCCCCCC)C(OCC)(OCC)OCC.CCCCCCCCC(OCC)C(OCC)(OCC)OCC. The van der Waals surface area contributed by atoms with Gasteiger partial charge in [0.25, 0.3) is 5.97 Å². The Kier molecular flexibility index (Phi) is 35.7. The molecule has 0 N–H and O–H groups in total. The smallest absolute Gasteiger partial charge is 0.333 e. The maximum absolute atomic E-state index is 11.6. The molecule has 0 aliphatic heterocycles. The van der Waals surface area contributed by atoms with Gasteiger partial charge in [-0.2, -0.15) is 0 Å². The third kappa shape index (κ3) is 23.5. The second-order valence-corrected chi connectivity index (χ2v) is 12.6. The molecular formula is C41H82O9. The topological polar surface area (TPSA) is 90.9 Å². The van der Waals surface area contributed by atoms with E-state index in [0.29, 0.717) is 58.4 Å². The highest BCUT2D eigenvalue weighted by Gasteiger charge is 2.43. The first-order valence-electron chi connectivity index (χ1n) is 20.4. The predicted octanol–water partition coefficient (Wildman–Crippen LogP) is 10.9. The average molecular weight is 719 g/mol. The van der Waals surface area contributed by atoms with Crippen LogP contribution >= 0.6 is 0 Å². The Morgan fingerprint density at radius 2 is 0.880 bits per heavy atom. The molecule has 0 spiro atoms. The summed E-state index contributed by atoms with van der Waals surface area (Å²) in [7, 11) is 0. The molecule has 2 atom stereocenters. The molecule has 0 aliphatic rings. The van der Waals surface area contributed by atoms with Gasteiger partial charge in [-0.15, -0.1) is 0 Å². The second kappa shape index (κ2) is 35.0. The number of hydrogen-bond acceptors (Lipinski definition) is 9. The molecule has 0 aromatic rings. The van der Waals surface area contributed by atoms with E-state index in [1.165, 1.54) is 64.2 Å². The summed E-state index contributed by atoms with van der Waals surface area (Å²) in [6.07, 6.45) is 18.3. The van der Waals surface area contributed by atoms with Crippen molar-refractivity contribution in [3.05, 3.63) is 12.2 Å². The van der Waals surface area contributed by atoms with Crippen molar-refractivity contribution in [2.45, 2.75) is 190 Å². The fraction of sp³-hybridized carbons (Fsp3) is 0.927. The van der Waals surface area contributed by atoms with Crippen LogP contribution in [0.1, 0.15) is 172 Å². The lowest BCUT2D eigenvalue weighted by atomic mass is 9.93. The van der Waals surface area contributed by atoms with Gasteiger partial charge in [-0.25, -0.2) is 4.79 Å². The van der Waals surface area contributed by atoms with Crippen molar-refractivity contribution in [3.8, 4) is 0 Å². The van der Waals surface area contributed by atoms with Crippen LogP contribution in [0.25, 0.3) is 0 Å². The Hall–Kier alpha value is -1.07. The summed E-state index contributed by atoms with van der Waals surface area (Å²) in [5.74, 6) is -2.31. The zero-order valence-electron chi connectivity index (χ0n) is 34.5. The molecule has 2 unspecified atom stereocenters. The van der Waals surface area contributed by atoms with Gasteiger partial charge in [0.05, 0.1) is 6.61 Å². The van der Waals surface area contributed by atoms with Gasteiger partial charge < -0.3 is 37.9 Å². The van der Waals surface area contributed by atoms with Gasteiger partial charge >= 0.3 is 11.9 Å². The molecule has 0 fully saturated rings. The molecule has 0 saturated carbocycles. The van der Waals surface area contributed by atoms with Crippen LogP contribution in [0.5, 0.6) is 0 Å². The molecule has 0 aromatic heterocycles. The number of carbonyl (C=O) groups is 1. The van der Waals surface area contributed by atoms with Crippen molar-refractivity contribution in [2.75, 3.05) is 52.9 Å². The maximum Gasteiger partial charge on any atom is 0.333 e. The minimum absolute atomic E-state index is 0.0991. The average Bonchev–Trinajstić information content (AvgIpc) is 3.09. The zero-order valence-corrected chi connectivity index (χ0v) is 34.5. The Morgan fingerprint density at radius 3 is 1.28 bits per heavy atom. The van der Waals surface area contributed by atoms with Crippen LogP contribution in [-0.4, -0.2) is 76.9 Å². The van der Waals surface area contributed by atoms with E-state index in [2.05, 4.69) is 20.4 Å². The Morgan fingerprint density at radius 1 is 0.500 bits per heavy atom. The maximum atomic E-state index is 11.6. The fourth-order valence-electron chi connectivity index (χ4n) is 6.05. The van der Waals surface area contributed by atoms with Crippen molar-refractivity contribution in [3.63, 3.8) is 0 Å². The number of carbonyl (C=O) groups excluding carboxylic acids is 1. The van der Waals surface area contributed by atoms with Gasteiger partial charge in [-0.05, 0) is 81.1 Å². The van der Waals surface area contributed by atoms with Crippen LogP contribution in [0.2, 0.25) is 0 Å². The Labute approximate surface area is 309 Å². The summed E-state index contributed by atoms with van der Waals surface area (Å²) < 4.78 is 46.8. The van der Waals surface area contributed by atoms with E-state index in [9.17, 15) is 4.79 Å². The van der Waals surface area contributed by atoms with E-state index in [0.717, 1.165) is 38.5 Å². The predicted molar refractivity (Wildman–Crippen MR) is 205 cm³/mol. The van der Waals surface area contributed by atoms with E-state index < -0.39 is 11.9 Å². The standard InChI is InChI=1S/C23H44O5.C18H38O4/c1-7-11-12-13-14-15-17-21(18-16-19-25-22(24)20(5)6)23(26-8-2,27-9-3)28-10-4;1-6-11-12-13-14-15-16-17(19-7-2)18(20-8-3,21-9-4)22-10-5/h21H,5,7-19H2,1-4,6H3;17H,6-16H2,1-5H3. The van der Waals surface area contributed by atoms with Gasteiger partial charge in [0.1, 0.15) is 6.10 Å². The monoisotopic (exact) mass is 719 g/mol. The summed E-state index contributed by atoms with van der Waals surface area (Å²) in [4.78, 5) is 11.6.